The highest BCUT2D eigenvalue weighted by Gasteiger charge is 2.19. The Balaban J connectivity index is 3.41. The Morgan fingerprint density at radius 3 is 2.50 bits per heavy atom. The smallest absolute Gasteiger partial charge is 0.266 e. The third-order valence-electron chi connectivity index (χ3n) is 1.83. The van der Waals surface area contributed by atoms with Gasteiger partial charge in [-0.1, -0.05) is 0 Å². The molecule has 0 saturated heterocycles. The lowest BCUT2D eigenvalue weighted by Gasteiger charge is -2.10. The lowest BCUT2D eigenvalue weighted by atomic mass is 10.1. The van der Waals surface area contributed by atoms with E-state index in [1.807, 2.05) is 0 Å². The molecule has 1 rings (SSSR count). The zero-order chi connectivity index (χ0) is 10.9. The van der Waals surface area contributed by atoms with E-state index in [1.165, 1.54) is 19.1 Å². The molecule has 0 aliphatic carbocycles. The van der Waals surface area contributed by atoms with Crippen molar-refractivity contribution in [2.45, 2.75) is 13.3 Å². The van der Waals surface area contributed by atoms with Crippen LogP contribution < -0.4 is 5.73 Å². The number of hydrogen-bond donors (Lipinski definition) is 1. The Bertz CT molecular complexity index is 379. The highest BCUT2D eigenvalue weighted by Crippen LogP contribution is 2.32. The molecule has 0 heterocycles. The first-order chi connectivity index (χ1) is 6.45. The predicted molar refractivity (Wildman–Crippen MR) is 58.5 cm³/mol. The van der Waals surface area contributed by atoms with Gasteiger partial charge in [0.05, 0.1) is 11.3 Å². The molecule has 5 heteroatoms. The first kappa shape index (κ1) is 11.4. The van der Waals surface area contributed by atoms with Gasteiger partial charge >= 0.3 is 0 Å². The van der Waals surface area contributed by atoms with Gasteiger partial charge in [0.15, 0.2) is 5.78 Å². The summed E-state index contributed by atoms with van der Waals surface area (Å²) in [5.41, 5.74) is 5.27. The van der Waals surface area contributed by atoms with Crippen LogP contribution in [0.15, 0.2) is 12.1 Å². The van der Waals surface area contributed by atoms with Crippen molar-refractivity contribution in [1.82, 2.24) is 0 Å². The van der Waals surface area contributed by atoms with Gasteiger partial charge in [-0.05, 0) is 41.6 Å². The van der Waals surface area contributed by atoms with Crippen LogP contribution in [0.25, 0.3) is 0 Å². The molecular formula is C9H8F2INO. The fourth-order valence-corrected chi connectivity index (χ4v) is 1.84. The molecule has 0 unspecified atom stereocenters. The maximum Gasteiger partial charge on any atom is 0.266 e. The van der Waals surface area contributed by atoms with E-state index in [0.29, 0.717) is 3.57 Å². The summed E-state index contributed by atoms with van der Waals surface area (Å²) in [7, 11) is 0. The summed E-state index contributed by atoms with van der Waals surface area (Å²) >= 11 is 1.77. The average molecular weight is 311 g/mol. The van der Waals surface area contributed by atoms with Gasteiger partial charge in [-0.25, -0.2) is 8.78 Å². The molecule has 2 nitrogen and oxygen atoms in total. The predicted octanol–water partition coefficient (Wildman–Crippen LogP) is 3.01. The van der Waals surface area contributed by atoms with Crippen molar-refractivity contribution >= 4 is 34.1 Å². The Morgan fingerprint density at radius 2 is 2.07 bits per heavy atom. The number of ketones is 1. The van der Waals surface area contributed by atoms with Crippen molar-refractivity contribution in [3.05, 3.63) is 26.8 Å². The lowest BCUT2D eigenvalue weighted by Crippen LogP contribution is -2.05. The molecule has 76 valence electrons. The van der Waals surface area contributed by atoms with Crippen molar-refractivity contribution in [3.8, 4) is 0 Å². The van der Waals surface area contributed by atoms with Gasteiger partial charge in [-0.3, -0.25) is 4.79 Å². The van der Waals surface area contributed by atoms with Crippen molar-refractivity contribution in [2.75, 3.05) is 5.73 Å². The quantitative estimate of drug-likeness (QED) is 0.518. The number of anilines is 1. The van der Waals surface area contributed by atoms with Gasteiger partial charge in [-0.2, -0.15) is 0 Å². The molecule has 14 heavy (non-hydrogen) atoms. The number of nitrogens with two attached hydrogens (primary N) is 1. The van der Waals surface area contributed by atoms with Crippen LogP contribution in [0.5, 0.6) is 0 Å². The first-order valence-corrected chi connectivity index (χ1v) is 4.90. The van der Waals surface area contributed by atoms with Crippen LogP contribution in [0.2, 0.25) is 0 Å². The van der Waals surface area contributed by atoms with Crippen LogP contribution in [0.1, 0.15) is 29.3 Å². The van der Waals surface area contributed by atoms with E-state index >= 15 is 0 Å². The minimum Gasteiger partial charge on any atom is -0.398 e. The summed E-state index contributed by atoms with van der Waals surface area (Å²) in [6.07, 6.45) is -2.65. The molecule has 0 saturated carbocycles. The van der Waals surface area contributed by atoms with E-state index in [0.717, 1.165) is 0 Å². The van der Waals surface area contributed by atoms with Gasteiger partial charge in [0.1, 0.15) is 0 Å². The zero-order valence-electron chi connectivity index (χ0n) is 7.35. The molecule has 0 aliphatic rings. The zero-order valence-corrected chi connectivity index (χ0v) is 9.51. The van der Waals surface area contributed by atoms with E-state index in [2.05, 4.69) is 0 Å². The Morgan fingerprint density at radius 1 is 1.50 bits per heavy atom. The third kappa shape index (κ3) is 2.02. The molecule has 0 bridgehead atoms. The molecule has 0 fully saturated rings. The van der Waals surface area contributed by atoms with Gasteiger partial charge < -0.3 is 5.73 Å². The summed E-state index contributed by atoms with van der Waals surface area (Å²) in [6, 6.07) is 2.93. The number of benzene rings is 1. The highest BCUT2D eigenvalue weighted by atomic mass is 127. The molecule has 0 spiro atoms. The molecule has 1 aromatic rings. The normalized spacial score (nSPS) is 10.6. The standard InChI is InChI=1S/C9H8F2INO/c1-4(14)5-2-3-6(12)7(8(5)13)9(10)11/h2-3,9H,13H2,1H3. The number of halogens is 3. The monoisotopic (exact) mass is 311 g/mol. The number of carbonyl (C=O) groups excluding carboxylic acids is 1. The van der Waals surface area contributed by atoms with Crippen LogP contribution in [0.4, 0.5) is 14.5 Å². The lowest BCUT2D eigenvalue weighted by molar-refractivity contribution is 0.101. The number of carbonyl (C=O) groups is 1. The number of rotatable bonds is 2. The van der Waals surface area contributed by atoms with Crippen molar-refractivity contribution in [1.29, 1.82) is 0 Å². The second-order valence-corrected chi connectivity index (χ2v) is 3.94. The van der Waals surface area contributed by atoms with Crippen LogP contribution in [-0.4, -0.2) is 5.78 Å². The van der Waals surface area contributed by atoms with Gasteiger partial charge in [0.25, 0.3) is 6.43 Å². The molecule has 0 aromatic heterocycles. The van der Waals surface area contributed by atoms with Gasteiger partial charge in [0.2, 0.25) is 0 Å². The van der Waals surface area contributed by atoms with E-state index < -0.39 is 6.43 Å². The second-order valence-electron chi connectivity index (χ2n) is 2.78. The number of Topliss-reactive ketones (excluding diaryl/α,β-unsaturated/α-hetero) is 1. The summed E-state index contributed by atoms with van der Waals surface area (Å²) in [5, 5.41) is 0. The maximum absolute atomic E-state index is 12.5. The fourth-order valence-electron chi connectivity index (χ4n) is 1.14. The minimum absolute atomic E-state index is 0.112. The first-order valence-electron chi connectivity index (χ1n) is 3.82. The Labute approximate surface area is 93.6 Å². The Hall–Kier alpha value is -0.720. The molecule has 0 radical (unpaired) electrons. The van der Waals surface area contributed by atoms with Gasteiger partial charge in [0, 0.05) is 9.13 Å². The summed E-state index contributed by atoms with van der Waals surface area (Å²) in [5.74, 6) is -0.305. The SMILES string of the molecule is CC(=O)c1ccc(I)c(C(F)F)c1N. The van der Waals surface area contributed by atoms with Crippen molar-refractivity contribution in [3.63, 3.8) is 0 Å². The van der Waals surface area contributed by atoms with E-state index in [-0.39, 0.29) is 22.6 Å². The maximum atomic E-state index is 12.5. The largest absolute Gasteiger partial charge is 0.398 e. The van der Waals surface area contributed by atoms with Crippen LogP contribution in [0.3, 0.4) is 0 Å². The molecule has 0 aliphatic heterocycles. The summed E-state index contributed by atoms with van der Waals surface area (Å²) in [6.45, 7) is 1.30. The second kappa shape index (κ2) is 4.20. The third-order valence-corrected chi connectivity index (χ3v) is 2.77. The van der Waals surface area contributed by atoms with E-state index in [9.17, 15) is 13.6 Å². The van der Waals surface area contributed by atoms with E-state index in [4.69, 9.17) is 5.73 Å². The summed E-state index contributed by atoms with van der Waals surface area (Å²) < 4.78 is 25.4. The van der Waals surface area contributed by atoms with E-state index in [1.54, 1.807) is 22.6 Å². The number of nitrogen functional groups attached to an aromatic ring is 1. The number of hydrogen-bond acceptors (Lipinski definition) is 2. The molecule has 0 amide bonds. The molecule has 1 aromatic carbocycles. The topological polar surface area (TPSA) is 43.1 Å². The van der Waals surface area contributed by atoms with Crippen molar-refractivity contribution in [2.24, 2.45) is 0 Å². The summed E-state index contributed by atoms with van der Waals surface area (Å²) in [4.78, 5) is 11.0. The molecular weight excluding hydrogens is 303 g/mol. The van der Waals surface area contributed by atoms with Gasteiger partial charge in [-0.15, -0.1) is 0 Å². The van der Waals surface area contributed by atoms with Crippen LogP contribution >= 0.6 is 22.6 Å². The van der Waals surface area contributed by atoms with Crippen LogP contribution in [0, 0.1) is 3.57 Å². The molecule has 2 N–H and O–H groups in total. The Kier molecular flexibility index (Phi) is 3.41. The minimum atomic E-state index is -2.65. The van der Waals surface area contributed by atoms with Crippen LogP contribution in [-0.2, 0) is 0 Å². The number of alkyl halides is 2. The fraction of sp³-hybridized carbons (Fsp3) is 0.222. The van der Waals surface area contributed by atoms with Crippen molar-refractivity contribution < 1.29 is 13.6 Å². The highest BCUT2D eigenvalue weighted by molar-refractivity contribution is 14.1. The average Bonchev–Trinajstić information content (AvgIpc) is 2.02. The molecule has 0 atom stereocenters.